The van der Waals surface area contributed by atoms with E-state index in [1.807, 2.05) is 20.8 Å². The number of benzene rings is 1. The molecule has 2 aromatic rings. The van der Waals surface area contributed by atoms with Crippen LogP contribution in [-0.2, 0) is 10.0 Å². The van der Waals surface area contributed by atoms with Crippen molar-refractivity contribution in [1.29, 1.82) is 0 Å². The van der Waals surface area contributed by atoms with Crippen LogP contribution in [0.2, 0.25) is 5.02 Å². The largest absolute Gasteiger partial charge is 0.493 e. The van der Waals surface area contributed by atoms with Gasteiger partial charge in [0.15, 0.2) is 11.5 Å². The molecule has 30 heavy (non-hydrogen) atoms. The quantitative estimate of drug-likeness (QED) is 0.642. The van der Waals surface area contributed by atoms with Crippen molar-refractivity contribution in [3.63, 3.8) is 0 Å². The zero-order valence-electron chi connectivity index (χ0n) is 17.4. The number of carbonyl (C=O) groups is 1. The summed E-state index contributed by atoms with van der Waals surface area (Å²) in [5, 5.41) is 0.295. The molecule has 1 aromatic heterocycles. The highest BCUT2D eigenvalue weighted by Gasteiger charge is 2.32. The Morgan fingerprint density at radius 2 is 1.83 bits per heavy atom. The van der Waals surface area contributed by atoms with Gasteiger partial charge in [0, 0.05) is 41.5 Å². The highest BCUT2D eigenvalue weighted by Crippen LogP contribution is 2.37. The van der Waals surface area contributed by atoms with Crippen molar-refractivity contribution < 1.29 is 22.7 Å². The summed E-state index contributed by atoms with van der Waals surface area (Å²) in [6, 6.07) is 4.86. The monoisotopic (exact) mass is 472 g/mol. The van der Waals surface area contributed by atoms with E-state index in [0.29, 0.717) is 46.7 Å². The van der Waals surface area contributed by atoms with E-state index in [9.17, 15) is 13.2 Å². The van der Waals surface area contributed by atoms with Gasteiger partial charge in [-0.3, -0.25) is 4.79 Å². The Morgan fingerprint density at radius 3 is 2.37 bits per heavy atom. The highest BCUT2D eigenvalue weighted by atomic mass is 35.5. The number of rotatable bonds is 6. The molecule has 1 fully saturated rings. The fraction of sp³-hybridized carbons (Fsp3) is 0.450. The molecule has 7 nitrogen and oxygen atoms in total. The molecule has 3 rings (SSSR count). The molecule has 2 heterocycles. The van der Waals surface area contributed by atoms with Gasteiger partial charge in [-0.2, -0.15) is 4.31 Å². The molecule has 0 N–H and O–H groups in total. The average molecular weight is 473 g/mol. The number of sulfonamides is 1. The number of hydrogen-bond acceptors (Lipinski definition) is 6. The maximum Gasteiger partial charge on any atom is 0.254 e. The number of nitrogens with zero attached hydrogens (tertiary/aromatic N) is 2. The summed E-state index contributed by atoms with van der Waals surface area (Å²) >= 11 is 7.75. The number of halogens is 1. The number of ether oxygens (including phenoxy) is 2. The van der Waals surface area contributed by atoms with Crippen molar-refractivity contribution in [3.05, 3.63) is 38.5 Å². The summed E-state index contributed by atoms with van der Waals surface area (Å²) in [6.07, 6.45) is 0. The third kappa shape index (κ3) is 4.44. The van der Waals surface area contributed by atoms with Crippen molar-refractivity contribution in [2.45, 2.75) is 25.7 Å². The van der Waals surface area contributed by atoms with E-state index in [-0.39, 0.29) is 19.0 Å². The molecule has 164 valence electrons. The van der Waals surface area contributed by atoms with Gasteiger partial charge in [-0.15, -0.1) is 11.3 Å². The Balaban J connectivity index is 1.74. The summed E-state index contributed by atoms with van der Waals surface area (Å²) in [4.78, 5) is 16.7. The van der Waals surface area contributed by atoms with Gasteiger partial charge in [0.25, 0.3) is 5.91 Å². The highest BCUT2D eigenvalue weighted by molar-refractivity contribution is 7.89. The zero-order chi connectivity index (χ0) is 22.1. The van der Waals surface area contributed by atoms with E-state index in [0.717, 1.165) is 9.75 Å². The van der Waals surface area contributed by atoms with E-state index >= 15 is 0 Å². The van der Waals surface area contributed by atoms with Gasteiger partial charge in [-0.05, 0) is 39.0 Å². The van der Waals surface area contributed by atoms with E-state index in [2.05, 4.69) is 0 Å². The zero-order valence-corrected chi connectivity index (χ0v) is 19.8. The summed E-state index contributed by atoms with van der Waals surface area (Å²) in [7, 11) is -2.08. The third-order valence-electron chi connectivity index (χ3n) is 4.90. The number of carbonyl (C=O) groups excluding carboxylic acids is 1. The smallest absolute Gasteiger partial charge is 0.254 e. The molecular weight excluding hydrogens is 448 g/mol. The first-order chi connectivity index (χ1) is 14.2. The van der Waals surface area contributed by atoms with Gasteiger partial charge >= 0.3 is 0 Å². The SMILES string of the molecule is CCOc1c(Cl)cc(C(=O)N2CCN(S(=O)(=O)c3cc(C)sc3C)CC2)cc1OC. The lowest BCUT2D eigenvalue weighted by molar-refractivity contribution is 0.0697. The summed E-state index contributed by atoms with van der Waals surface area (Å²) in [5.74, 6) is 0.561. The first kappa shape index (κ1) is 22.9. The van der Waals surface area contributed by atoms with Crippen LogP contribution in [-0.4, -0.2) is 63.4 Å². The van der Waals surface area contributed by atoms with Crippen molar-refractivity contribution >= 4 is 38.9 Å². The van der Waals surface area contributed by atoms with Crippen LogP contribution in [0.15, 0.2) is 23.1 Å². The van der Waals surface area contributed by atoms with Gasteiger partial charge in [0.05, 0.1) is 23.6 Å². The minimum atomic E-state index is -3.57. The maximum atomic E-state index is 13.0. The van der Waals surface area contributed by atoms with Crippen LogP contribution in [0.3, 0.4) is 0 Å². The van der Waals surface area contributed by atoms with Gasteiger partial charge in [0.2, 0.25) is 10.0 Å². The molecule has 10 heteroatoms. The Morgan fingerprint density at radius 1 is 1.17 bits per heavy atom. The van der Waals surface area contributed by atoms with Crippen molar-refractivity contribution in [3.8, 4) is 11.5 Å². The fourth-order valence-electron chi connectivity index (χ4n) is 3.44. The lowest BCUT2D eigenvalue weighted by atomic mass is 10.1. The van der Waals surface area contributed by atoms with Crippen LogP contribution in [0.25, 0.3) is 0 Å². The molecule has 0 aliphatic carbocycles. The van der Waals surface area contributed by atoms with Gasteiger partial charge in [-0.1, -0.05) is 11.6 Å². The first-order valence-electron chi connectivity index (χ1n) is 9.55. The van der Waals surface area contributed by atoms with E-state index in [1.165, 1.54) is 22.8 Å². The van der Waals surface area contributed by atoms with Crippen LogP contribution in [0.5, 0.6) is 11.5 Å². The lowest BCUT2D eigenvalue weighted by Gasteiger charge is -2.34. The van der Waals surface area contributed by atoms with E-state index in [4.69, 9.17) is 21.1 Å². The van der Waals surface area contributed by atoms with Gasteiger partial charge in [-0.25, -0.2) is 8.42 Å². The van der Waals surface area contributed by atoms with E-state index < -0.39 is 10.0 Å². The maximum absolute atomic E-state index is 13.0. The fourth-order valence-corrected chi connectivity index (χ4v) is 6.66. The summed E-state index contributed by atoms with van der Waals surface area (Å²) in [6.45, 7) is 7.04. The number of piperazine rings is 1. The van der Waals surface area contributed by atoms with Gasteiger partial charge < -0.3 is 14.4 Å². The van der Waals surface area contributed by atoms with Crippen LogP contribution < -0.4 is 9.47 Å². The molecule has 1 aliphatic heterocycles. The molecule has 0 saturated carbocycles. The second kappa shape index (κ2) is 9.13. The summed E-state index contributed by atoms with van der Waals surface area (Å²) < 4.78 is 38.2. The molecule has 0 spiro atoms. The normalized spacial score (nSPS) is 15.3. The Labute approximate surface area is 186 Å². The van der Waals surface area contributed by atoms with Crippen LogP contribution >= 0.6 is 22.9 Å². The molecule has 0 atom stereocenters. The number of aryl methyl sites for hydroxylation is 2. The number of amides is 1. The molecule has 0 bridgehead atoms. The lowest BCUT2D eigenvalue weighted by Crippen LogP contribution is -2.50. The number of methoxy groups -OCH3 is 1. The number of thiophene rings is 1. The standard InChI is InChI=1S/C20H25ClN2O5S2/c1-5-28-19-16(21)11-15(12-17(19)27-4)20(24)22-6-8-23(9-7-22)30(25,26)18-10-13(2)29-14(18)3/h10-12H,5-9H2,1-4H3. The van der Waals surface area contributed by atoms with Crippen LogP contribution in [0, 0.1) is 13.8 Å². The Kier molecular flexibility index (Phi) is 6.96. The van der Waals surface area contributed by atoms with Crippen molar-refractivity contribution in [2.75, 3.05) is 39.9 Å². The predicted octanol–water partition coefficient (Wildman–Crippen LogP) is 3.57. The second-order valence-corrected chi connectivity index (χ2v) is 10.7. The summed E-state index contributed by atoms with van der Waals surface area (Å²) in [5.41, 5.74) is 0.376. The molecule has 1 aliphatic rings. The average Bonchev–Trinajstić information content (AvgIpc) is 3.07. The molecular formula is C20H25ClN2O5S2. The van der Waals surface area contributed by atoms with Gasteiger partial charge in [0.1, 0.15) is 0 Å². The molecule has 1 amide bonds. The molecule has 0 radical (unpaired) electrons. The third-order valence-corrected chi connectivity index (χ3v) is 8.30. The number of hydrogen-bond donors (Lipinski definition) is 0. The van der Waals surface area contributed by atoms with Crippen LogP contribution in [0.1, 0.15) is 27.0 Å². The van der Waals surface area contributed by atoms with Crippen LogP contribution in [0.4, 0.5) is 0 Å². The Hall–Kier alpha value is -1.81. The van der Waals surface area contributed by atoms with Crippen molar-refractivity contribution in [2.24, 2.45) is 0 Å². The Bertz CT molecular complexity index is 1040. The second-order valence-electron chi connectivity index (χ2n) is 6.90. The molecule has 0 unspecified atom stereocenters. The molecule has 1 saturated heterocycles. The first-order valence-corrected chi connectivity index (χ1v) is 12.2. The van der Waals surface area contributed by atoms with E-state index in [1.54, 1.807) is 23.1 Å². The molecule has 1 aromatic carbocycles. The topological polar surface area (TPSA) is 76.2 Å². The predicted molar refractivity (Wildman–Crippen MR) is 118 cm³/mol. The minimum absolute atomic E-state index is 0.224. The van der Waals surface area contributed by atoms with Crippen molar-refractivity contribution in [1.82, 2.24) is 9.21 Å². The minimum Gasteiger partial charge on any atom is -0.493 e.